The van der Waals surface area contributed by atoms with Crippen LogP contribution in [0.15, 0.2) is 54.2 Å². The van der Waals surface area contributed by atoms with Gasteiger partial charge in [-0.25, -0.2) is 4.79 Å². The van der Waals surface area contributed by atoms with Crippen molar-refractivity contribution in [3.05, 3.63) is 65.3 Å². The standard InChI is InChI=1S/C25H27N3O3/c1-4-10-28-15(3)26-22-19(28)11-18(24(30)31-5-2)21-20(29)14-25(27-23(21)22)12-16-8-6-7-9-17(16)13-25/h4,6-8,11,13,15,26-27H,1,5,9-10,12,14H2,2-3H3. The fourth-order valence-corrected chi connectivity index (χ4v) is 5.24. The molecule has 160 valence electrons. The first kappa shape index (κ1) is 19.7. The van der Waals surface area contributed by atoms with Crippen molar-refractivity contribution in [2.45, 2.75) is 44.8 Å². The number of fused-ring (bicyclic) bond motifs is 4. The number of Topliss-reactive ketones (excluding diaryl/α,β-unsaturated/α-hetero) is 1. The van der Waals surface area contributed by atoms with Crippen LogP contribution < -0.4 is 15.5 Å². The Labute approximate surface area is 182 Å². The molecule has 1 aromatic rings. The molecule has 31 heavy (non-hydrogen) atoms. The molecule has 5 rings (SSSR count). The van der Waals surface area contributed by atoms with Crippen molar-refractivity contribution in [2.24, 2.45) is 0 Å². The Morgan fingerprint density at radius 3 is 2.94 bits per heavy atom. The summed E-state index contributed by atoms with van der Waals surface area (Å²) in [7, 11) is 0. The molecule has 2 atom stereocenters. The molecule has 1 spiro atoms. The van der Waals surface area contributed by atoms with Gasteiger partial charge in [0.15, 0.2) is 5.78 Å². The summed E-state index contributed by atoms with van der Waals surface area (Å²) in [6.07, 6.45) is 12.4. The fraction of sp³-hybridized carbons (Fsp3) is 0.360. The number of nitrogens with zero attached hydrogens (tertiary/aromatic N) is 1. The third-order valence-corrected chi connectivity index (χ3v) is 6.53. The third kappa shape index (κ3) is 3.00. The topological polar surface area (TPSA) is 70.7 Å². The summed E-state index contributed by atoms with van der Waals surface area (Å²) in [4.78, 5) is 28.5. The molecule has 0 aromatic heterocycles. The van der Waals surface area contributed by atoms with Crippen molar-refractivity contribution >= 4 is 28.8 Å². The summed E-state index contributed by atoms with van der Waals surface area (Å²) >= 11 is 0. The average molecular weight is 418 g/mol. The second kappa shape index (κ2) is 7.15. The Bertz CT molecular complexity index is 1100. The lowest BCUT2D eigenvalue weighted by molar-refractivity contribution is 0.0522. The molecule has 2 heterocycles. The zero-order valence-corrected chi connectivity index (χ0v) is 18.0. The van der Waals surface area contributed by atoms with Gasteiger partial charge in [-0.1, -0.05) is 30.4 Å². The van der Waals surface area contributed by atoms with Crippen LogP contribution in [0.1, 0.15) is 53.8 Å². The van der Waals surface area contributed by atoms with Crippen molar-refractivity contribution in [1.29, 1.82) is 0 Å². The lowest BCUT2D eigenvalue weighted by Crippen LogP contribution is -2.42. The third-order valence-electron chi connectivity index (χ3n) is 6.53. The van der Waals surface area contributed by atoms with Crippen molar-refractivity contribution in [2.75, 3.05) is 28.7 Å². The second-order valence-corrected chi connectivity index (χ2v) is 8.60. The Hall–Kier alpha value is -3.28. The molecule has 0 radical (unpaired) electrons. The van der Waals surface area contributed by atoms with Crippen molar-refractivity contribution in [3.8, 4) is 0 Å². The van der Waals surface area contributed by atoms with Gasteiger partial charge in [-0.05, 0) is 43.9 Å². The predicted octanol–water partition coefficient (Wildman–Crippen LogP) is 4.58. The fourth-order valence-electron chi connectivity index (χ4n) is 5.24. The SMILES string of the molecule is C=CCN1c2cc(C(=O)OCC)c3c(c2NC1C)NC1(C=C2CC=CC=C2C1)CC3=O. The first-order chi connectivity index (χ1) is 15.0. The molecule has 0 saturated heterocycles. The highest BCUT2D eigenvalue weighted by Crippen LogP contribution is 2.51. The van der Waals surface area contributed by atoms with Crippen molar-refractivity contribution in [1.82, 2.24) is 0 Å². The zero-order valence-electron chi connectivity index (χ0n) is 18.0. The number of benzene rings is 1. The number of hydrogen-bond acceptors (Lipinski definition) is 6. The van der Waals surface area contributed by atoms with E-state index in [0.717, 1.165) is 24.2 Å². The normalized spacial score (nSPS) is 25.2. The molecular formula is C25H27N3O3. The number of carbonyl (C=O) groups excluding carboxylic acids is 2. The van der Waals surface area contributed by atoms with Gasteiger partial charge in [-0.2, -0.15) is 0 Å². The van der Waals surface area contributed by atoms with E-state index >= 15 is 0 Å². The molecule has 0 saturated carbocycles. The van der Waals surface area contributed by atoms with Crippen LogP contribution in [-0.4, -0.2) is 36.6 Å². The van der Waals surface area contributed by atoms with E-state index in [1.165, 1.54) is 11.1 Å². The van der Waals surface area contributed by atoms with Crippen LogP contribution in [0.5, 0.6) is 0 Å². The molecule has 0 amide bonds. The maximum atomic E-state index is 13.5. The quantitative estimate of drug-likeness (QED) is 0.552. The first-order valence-electron chi connectivity index (χ1n) is 10.9. The van der Waals surface area contributed by atoms with Crippen molar-refractivity contribution < 1.29 is 14.3 Å². The molecular weight excluding hydrogens is 390 g/mol. The highest BCUT2D eigenvalue weighted by molar-refractivity contribution is 6.16. The number of hydrogen-bond donors (Lipinski definition) is 2. The summed E-state index contributed by atoms with van der Waals surface area (Å²) in [6, 6.07) is 1.79. The number of ether oxygens (including phenoxy) is 1. The molecule has 1 aromatic carbocycles. The Kier molecular flexibility index (Phi) is 4.54. The Morgan fingerprint density at radius 2 is 2.19 bits per heavy atom. The lowest BCUT2D eigenvalue weighted by Gasteiger charge is -2.36. The number of nitrogens with one attached hydrogen (secondary N) is 2. The summed E-state index contributed by atoms with van der Waals surface area (Å²) in [5.41, 5.74) is 5.31. The van der Waals surface area contributed by atoms with Crippen LogP contribution in [0.25, 0.3) is 0 Å². The average Bonchev–Trinajstić information content (AvgIpc) is 3.24. The van der Waals surface area contributed by atoms with Crippen molar-refractivity contribution in [3.63, 3.8) is 0 Å². The van der Waals surface area contributed by atoms with Gasteiger partial charge >= 0.3 is 5.97 Å². The van der Waals surface area contributed by atoms with E-state index < -0.39 is 11.5 Å². The van der Waals surface area contributed by atoms with E-state index in [-0.39, 0.29) is 18.6 Å². The number of allylic oxidation sites excluding steroid dienone is 4. The van der Waals surface area contributed by atoms with Crippen LogP contribution in [0, 0.1) is 0 Å². The monoisotopic (exact) mass is 417 g/mol. The van der Waals surface area contributed by atoms with Gasteiger partial charge in [0, 0.05) is 13.0 Å². The number of anilines is 3. The van der Waals surface area contributed by atoms with E-state index in [4.69, 9.17) is 4.74 Å². The highest BCUT2D eigenvalue weighted by atomic mass is 16.5. The molecule has 2 unspecified atom stereocenters. The molecule has 4 aliphatic rings. The number of ketones is 1. The van der Waals surface area contributed by atoms with Gasteiger partial charge in [0.1, 0.15) is 0 Å². The van der Waals surface area contributed by atoms with Crippen LogP contribution in [0.3, 0.4) is 0 Å². The molecule has 0 bridgehead atoms. The molecule has 6 nitrogen and oxygen atoms in total. The van der Waals surface area contributed by atoms with Crippen LogP contribution >= 0.6 is 0 Å². The first-order valence-corrected chi connectivity index (χ1v) is 10.9. The van der Waals surface area contributed by atoms with E-state index in [2.05, 4.69) is 53.3 Å². The summed E-state index contributed by atoms with van der Waals surface area (Å²) < 4.78 is 5.31. The second-order valence-electron chi connectivity index (χ2n) is 8.60. The lowest BCUT2D eigenvalue weighted by atomic mass is 9.82. The molecule has 6 heteroatoms. The summed E-state index contributed by atoms with van der Waals surface area (Å²) in [5, 5.41) is 7.20. The zero-order chi connectivity index (χ0) is 21.8. The summed E-state index contributed by atoms with van der Waals surface area (Å²) in [6.45, 7) is 8.58. The molecule has 2 aliphatic carbocycles. The van der Waals surface area contributed by atoms with Crippen LogP contribution in [0.4, 0.5) is 17.1 Å². The summed E-state index contributed by atoms with van der Waals surface area (Å²) in [5.74, 6) is -0.489. The minimum atomic E-state index is -0.463. The maximum Gasteiger partial charge on any atom is 0.339 e. The molecule has 2 N–H and O–H groups in total. The van der Waals surface area contributed by atoms with Gasteiger partial charge in [-0.3, -0.25) is 4.79 Å². The number of esters is 1. The van der Waals surface area contributed by atoms with Gasteiger partial charge in [0.25, 0.3) is 0 Å². The van der Waals surface area contributed by atoms with E-state index in [1.54, 1.807) is 13.0 Å². The maximum absolute atomic E-state index is 13.5. The Balaban J connectivity index is 1.66. The number of rotatable bonds is 4. The van der Waals surface area contributed by atoms with Gasteiger partial charge in [-0.15, -0.1) is 6.58 Å². The smallest absolute Gasteiger partial charge is 0.339 e. The van der Waals surface area contributed by atoms with Gasteiger partial charge in [0.05, 0.1) is 46.5 Å². The van der Waals surface area contributed by atoms with Crippen LogP contribution in [0.2, 0.25) is 0 Å². The van der Waals surface area contributed by atoms with Crippen LogP contribution in [-0.2, 0) is 4.74 Å². The molecule has 2 aliphatic heterocycles. The highest BCUT2D eigenvalue weighted by Gasteiger charge is 2.45. The molecule has 0 fully saturated rings. The Morgan fingerprint density at radius 1 is 1.35 bits per heavy atom. The number of carbonyl (C=O) groups is 2. The minimum absolute atomic E-state index is 0.0146. The minimum Gasteiger partial charge on any atom is -0.462 e. The van der Waals surface area contributed by atoms with E-state index in [9.17, 15) is 9.59 Å². The predicted molar refractivity (Wildman–Crippen MR) is 123 cm³/mol. The van der Waals surface area contributed by atoms with E-state index in [0.29, 0.717) is 29.8 Å². The van der Waals surface area contributed by atoms with Gasteiger partial charge < -0.3 is 20.3 Å². The van der Waals surface area contributed by atoms with E-state index in [1.807, 2.05) is 6.08 Å². The largest absolute Gasteiger partial charge is 0.462 e. The van der Waals surface area contributed by atoms with Gasteiger partial charge in [0.2, 0.25) is 0 Å².